The minimum absolute atomic E-state index is 0.0897. The van der Waals surface area contributed by atoms with Crippen molar-refractivity contribution in [1.29, 1.82) is 0 Å². The fraction of sp³-hybridized carbons (Fsp3) is 0.750. The van der Waals surface area contributed by atoms with Crippen LogP contribution in [-0.4, -0.2) is 12.6 Å². The van der Waals surface area contributed by atoms with E-state index in [1.807, 2.05) is 20.8 Å². The van der Waals surface area contributed by atoms with Crippen molar-refractivity contribution in [3.63, 3.8) is 0 Å². The zero-order chi connectivity index (χ0) is 10.6. The van der Waals surface area contributed by atoms with Crippen LogP contribution in [0.25, 0.3) is 0 Å². The molecule has 0 radical (unpaired) electrons. The van der Waals surface area contributed by atoms with Crippen LogP contribution in [0.2, 0.25) is 0 Å². The Morgan fingerprint density at radius 3 is 2.71 bits per heavy atom. The van der Waals surface area contributed by atoms with Crippen LogP contribution in [0.4, 0.5) is 0 Å². The van der Waals surface area contributed by atoms with E-state index in [0.29, 0.717) is 6.61 Å². The Hall–Kier alpha value is -0.790. The summed E-state index contributed by atoms with van der Waals surface area (Å²) in [5.41, 5.74) is 0.832. The van der Waals surface area contributed by atoms with Gasteiger partial charge in [-0.2, -0.15) is 0 Å². The highest BCUT2D eigenvalue weighted by atomic mass is 16.5. The third kappa shape index (κ3) is 2.37. The van der Waals surface area contributed by atoms with Gasteiger partial charge in [0.05, 0.1) is 12.0 Å². The van der Waals surface area contributed by atoms with Gasteiger partial charge in [-0.05, 0) is 46.5 Å². The summed E-state index contributed by atoms with van der Waals surface area (Å²) < 4.78 is 5.08. The summed E-state index contributed by atoms with van der Waals surface area (Å²) in [6.07, 6.45) is 6.82. The van der Waals surface area contributed by atoms with Crippen LogP contribution in [0.15, 0.2) is 11.6 Å². The zero-order valence-electron chi connectivity index (χ0n) is 9.43. The number of allylic oxidation sites excluding steroid dienone is 1. The van der Waals surface area contributed by atoms with Gasteiger partial charge in [-0.15, -0.1) is 0 Å². The molecule has 0 amide bonds. The monoisotopic (exact) mass is 196 g/mol. The zero-order valence-corrected chi connectivity index (χ0v) is 9.43. The molecule has 0 N–H and O–H groups in total. The molecule has 0 aromatic heterocycles. The summed E-state index contributed by atoms with van der Waals surface area (Å²) in [5, 5.41) is 0. The Balaban J connectivity index is 2.72. The molecule has 80 valence electrons. The summed E-state index contributed by atoms with van der Waals surface area (Å²) in [4.78, 5) is 11.7. The first-order valence-electron chi connectivity index (χ1n) is 5.45. The maximum atomic E-state index is 11.7. The first kappa shape index (κ1) is 11.3. The van der Waals surface area contributed by atoms with E-state index in [9.17, 15) is 4.79 Å². The largest absolute Gasteiger partial charge is 0.465 e. The van der Waals surface area contributed by atoms with Gasteiger partial charge in [0.2, 0.25) is 0 Å². The fourth-order valence-electron chi connectivity index (χ4n) is 1.85. The van der Waals surface area contributed by atoms with E-state index < -0.39 is 5.41 Å². The summed E-state index contributed by atoms with van der Waals surface area (Å²) in [6.45, 7) is 6.24. The van der Waals surface area contributed by atoms with Crippen LogP contribution >= 0.6 is 0 Å². The lowest BCUT2D eigenvalue weighted by atomic mass is 9.78. The SMILES string of the molecule is CCOC(=O)C(C)(C)C1=CCCCC1. The fourth-order valence-corrected chi connectivity index (χ4v) is 1.85. The Bertz CT molecular complexity index is 239. The highest BCUT2D eigenvalue weighted by Crippen LogP contribution is 2.34. The summed E-state index contributed by atoms with van der Waals surface area (Å²) >= 11 is 0. The summed E-state index contributed by atoms with van der Waals surface area (Å²) in [5.74, 6) is -0.0897. The molecule has 1 aliphatic carbocycles. The molecule has 1 aliphatic rings. The van der Waals surface area contributed by atoms with Crippen molar-refractivity contribution in [3.8, 4) is 0 Å². The molecule has 0 atom stereocenters. The van der Waals surface area contributed by atoms with Gasteiger partial charge in [0.1, 0.15) is 0 Å². The molecular weight excluding hydrogens is 176 g/mol. The summed E-state index contributed by atoms with van der Waals surface area (Å²) in [6, 6.07) is 0. The van der Waals surface area contributed by atoms with Crippen LogP contribution in [-0.2, 0) is 9.53 Å². The van der Waals surface area contributed by atoms with Crippen molar-refractivity contribution < 1.29 is 9.53 Å². The number of ether oxygens (including phenoxy) is 1. The number of hydrogen-bond donors (Lipinski definition) is 0. The van der Waals surface area contributed by atoms with Gasteiger partial charge < -0.3 is 4.74 Å². The van der Waals surface area contributed by atoms with Gasteiger partial charge in [0, 0.05) is 0 Å². The summed E-state index contributed by atoms with van der Waals surface area (Å²) in [7, 11) is 0. The minimum Gasteiger partial charge on any atom is -0.465 e. The maximum absolute atomic E-state index is 11.7. The number of rotatable bonds is 3. The van der Waals surface area contributed by atoms with Crippen molar-refractivity contribution in [1.82, 2.24) is 0 Å². The van der Waals surface area contributed by atoms with E-state index in [1.54, 1.807) is 0 Å². The second kappa shape index (κ2) is 4.63. The van der Waals surface area contributed by atoms with Crippen molar-refractivity contribution in [2.75, 3.05) is 6.61 Å². The van der Waals surface area contributed by atoms with Gasteiger partial charge in [0.25, 0.3) is 0 Å². The molecule has 0 saturated heterocycles. The van der Waals surface area contributed by atoms with Crippen molar-refractivity contribution >= 4 is 5.97 Å². The molecule has 0 spiro atoms. The van der Waals surface area contributed by atoms with E-state index in [2.05, 4.69) is 6.08 Å². The molecule has 0 heterocycles. The van der Waals surface area contributed by atoms with Crippen LogP contribution in [0.1, 0.15) is 46.5 Å². The van der Waals surface area contributed by atoms with Crippen LogP contribution in [0, 0.1) is 5.41 Å². The number of esters is 1. The Labute approximate surface area is 86.3 Å². The molecule has 0 aromatic rings. The third-order valence-corrected chi connectivity index (χ3v) is 2.88. The number of carbonyl (C=O) groups is 1. The standard InChI is InChI=1S/C12H20O2/c1-4-14-11(13)12(2,3)10-8-6-5-7-9-10/h8H,4-7,9H2,1-3H3. The molecule has 2 nitrogen and oxygen atoms in total. The molecule has 0 saturated carbocycles. The van der Waals surface area contributed by atoms with E-state index in [4.69, 9.17) is 4.74 Å². The van der Waals surface area contributed by atoms with Gasteiger partial charge in [-0.3, -0.25) is 4.79 Å². The second-order valence-corrected chi connectivity index (χ2v) is 4.32. The van der Waals surface area contributed by atoms with Crippen molar-refractivity contribution in [3.05, 3.63) is 11.6 Å². The highest BCUT2D eigenvalue weighted by molar-refractivity contribution is 5.79. The van der Waals surface area contributed by atoms with E-state index >= 15 is 0 Å². The third-order valence-electron chi connectivity index (χ3n) is 2.88. The van der Waals surface area contributed by atoms with Crippen molar-refractivity contribution in [2.45, 2.75) is 46.5 Å². The lowest BCUT2D eigenvalue weighted by Crippen LogP contribution is -2.29. The average molecular weight is 196 g/mol. The lowest BCUT2D eigenvalue weighted by Gasteiger charge is -2.28. The lowest BCUT2D eigenvalue weighted by molar-refractivity contribution is -0.151. The van der Waals surface area contributed by atoms with Crippen LogP contribution < -0.4 is 0 Å². The van der Waals surface area contributed by atoms with E-state index in [0.717, 1.165) is 12.8 Å². The van der Waals surface area contributed by atoms with Crippen LogP contribution in [0.5, 0.6) is 0 Å². The van der Waals surface area contributed by atoms with Crippen LogP contribution in [0.3, 0.4) is 0 Å². The topological polar surface area (TPSA) is 26.3 Å². The van der Waals surface area contributed by atoms with E-state index in [-0.39, 0.29) is 5.97 Å². The van der Waals surface area contributed by atoms with Gasteiger partial charge >= 0.3 is 5.97 Å². The Kier molecular flexibility index (Phi) is 3.73. The smallest absolute Gasteiger partial charge is 0.315 e. The van der Waals surface area contributed by atoms with Gasteiger partial charge in [-0.1, -0.05) is 11.6 Å². The molecule has 0 aromatic carbocycles. The maximum Gasteiger partial charge on any atom is 0.315 e. The quantitative estimate of drug-likeness (QED) is 0.512. The molecular formula is C12H20O2. The number of carbonyl (C=O) groups excluding carboxylic acids is 1. The minimum atomic E-state index is -0.420. The molecule has 0 bridgehead atoms. The normalized spacial score (nSPS) is 17.5. The molecule has 0 fully saturated rings. The van der Waals surface area contributed by atoms with Gasteiger partial charge in [-0.25, -0.2) is 0 Å². The average Bonchev–Trinajstić information content (AvgIpc) is 2.19. The van der Waals surface area contributed by atoms with Gasteiger partial charge in [0.15, 0.2) is 0 Å². The van der Waals surface area contributed by atoms with E-state index in [1.165, 1.54) is 18.4 Å². The second-order valence-electron chi connectivity index (χ2n) is 4.32. The molecule has 0 unspecified atom stereocenters. The highest BCUT2D eigenvalue weighted by Gasteiger charge is 2.33. The predicted octanol–water partition coefficient (Wildman–Crippen LogP) is 3.08. The first-order chi connectivity index (χ1) is 6.59. The molecule has 1 rings (SSSR count). The molecule has 2 heteroatoms. The number of hydrogen-bond acceptors (Lipinski definition) is 2. The Morgan fingerprint density at radius 2 is 2.21 bits per heavy atom. The predicted molar refractivity (Wildman–Crippen MR) is 57.0 cm³/mol. The first-order valence-corrected chi connectivity index (χ1v) is 5.45. The molecule has 14 heavy (non-hydrogen) atoms. The Morgan fingerprint density at radius 1 is 1.50 bits per heavy atom. The molecule has 0 aliphatic heterocycles. The van der Waals surface area contributed by atoms with Crippen molar-refractivity contribution in [2.24, 2.45) is 5.41 Å².